The third-order valence-electron chi connectivity index (χ3n) is 14.4. The minimum Gasteiger partial charge on any atom is -0.309 e. The van der Waals surface area contributed by atoms with E-state index in [4.69, 9.17) is 0 Å². The summed E-state index contributed by atoms with van der Waals surface area (Å²) in [7, 11) is 0. The topological polar surface area (TPSA) is 8.17 Å². The lowest BCUT2D eigenvalue weighted by molar-refractivity contribution is -0.0399. The minimum absolute atomic E-state index is 0.0972. The first kappa shape index (κ1) is 30.7. The Morgan fingerprint density at radius 2 is 1.11 bits per heavy atom. The van der Waals surface area contributed by atoms with Crippen molar-refractivity contribution in [3.05, 3.63) is 169 Å². The highest BCUT2D eigenvalue weighted by Crippen LogP contribution is 2.70. The van der Waals surface area contributed by atoms with Gasteiger partial charge in [0.15, 0.2) is 0 Å². The molecule has 1 spiro atoms. The van der Waals surface area contributed by atoms with Crippen LogP contribution in [0.15, 0.2) is 158 Å². The molecule has 14 rings (SSSR count). The number of anilines is 3. The van der Waals surface area contributed by atoms with Gasteiger partial charge in [-0.25, -0.2) is 0 Å². The summed E-state index contributed by atoms with van der Waals surface area (Å²) >= 11 is 1.93. The lowest BCUT2D eigenvalue weighted by Gasteiger charge is -2.61. The zero-order chi connectivity index (χ0) is 35.8. The first-order chi connectivity index (χ1) is 27.3. The Bertz CT molecular complexity index is 2990. The van der Waals surface area contributed by atoms with Gasteiger partial charge in [-0.15, -0.1) is 11.3 Å². The molecule has 2 heterocycles. The molecular formula is C52H40N2S. The van der Waals surface area contributed by atoms with Crippen molar-refractivity contribution in [2.45, 2.75) is 37.5 Å². The summed E-state index contributed by atoms with van der Waals surface area (Å²) in [5, 5.41) is 5.22. The van der Waals surface area contributed by atoms with E-state index in [2.05, 4.69) is 167 Å². The molecule has 0 N–H and O–H groups in total. The third-order valence-corrected chi connectivity index (χ3v) is 15.6. The van der Waals surface area contributed by atoms with E-state index in [-0.39, 0.29) is 5.41 Å². The van der Waals surface area contributed by atoms with E-state index in [9.17, 15) is 0 Å². The molecule has 0 aliphatic heterocycles. The minimum atomic E-state index is 0.0972. The summed E-state index contributed by atoms with van der Waals surface area (Å²) in [5.74, 6) is 3.25. The Kier molecular flexibility index (Phi) is 6.25. The summed E-state index contributed by atoms with van der Waals surface area (Å²) < 4.78 is 5.13. The average molecular weight is 725 g/mol. The van der Waals surface area contributed by atoms with E-state index in [0.717, 1.165) is 11.8 Å². The molecule has 2 nitrogen and oxygen atoms in total. The average Bonchev–Trinajstić information content (AvgIpc) is 3.88. The molecule has 4 saturated carbocycles. The number of hydrogen-bond donors (Lipinski definition) is 0. The van der Waals surface area contributed by atoms with Gasteiger partial charge < -0.3 is 9.47 Å². The Hall–Kier alpha value is -5.64. The fourth-order valence-corrected chi connectivity index (χ4v) is 13.9. The number of rotatable bonds is 4. The zero-order valence-corrected chi connectivity index (χ0v) is 31.5. The molecule has 5 aliphatic rings. The third kappa shape index (κ3) is 3.99. The summed E-state index contributed by atoms with van der Waals surface area (Å²) in [5.41, 5.74) is 13.6. The molecule has 2 aromatic heterocycles. The molecule has 5 aliphatic carbocycles. The van der Waals surface area contributed by atoms with Crippen molar-refractivity contribution in [3.63, 3.8) is 0 Å². The van der Waals surface area contributed by atoms with Crippen LogP contribution in [0.5, 0.6) is 0 Å². The smallest absolute Gasteiger partial charge is 0.0640 e. The number of para-hydroxylation sites is 2. The van der Waals surface area contributed by atoms with Crippen LogP contribution in [0.4, 0.5) is 17.1 Å². The lowest BCUT2D eigenvalue weighted by Crippen LogP contribution is -2.55. The first-order valence-corrected chi connectivity index (χ1v) is 21.1. The van der Waals surface area contributed by atoms with Crippen LogP contribution in [0.2, 0.25) is 0 Å². The number of aromatic nitrogens is 1. The normalized spacial score (nSPS) is 23.3. The van der Waals surface area contributed by atoms with Gasteiger partial charge in [0.1, 0.15) is 0 Å². The van der Waals surface area contributed by atoms with Crippen LogP contribution >= 0.6 is 11.3 Å². The largest absolute Gasteiger partial charge is 0.309 e. The maximum atomic E-state index is 2.67. The summed E-state index contributed by atoms with van der Waals surface area (Å²) in [6.45, 7) is 0. The Morgan fingerprint density at radius 3 is 1.96 bits per heavy atom. The van der Waals surface area contributed by atoms with Gasteiger partial charge in [-0.05, 0) is 121 Å². The number of benzene rings is 7. The predicted molar refractivity (Wildman–Crippen MR) is 232 cm³/mol. The highest BCUT2D eigenvalue weighted by atomic mass is 32.1. The molecule has 9 aromatic rings. The number of fused-ring (bicyclic) bond motifs is 9. The predicted octanol–water partition coefficient (Wildman–Crippen LogP) is 14.3. The molecule has 264 valence electrons. The van der Waals surface area contributed by atoms with Crippen LogP contribution in [0.1, 0.15) is 43.2 Å². The van der Waals surface area contributed by atoms with Crippen molar-refractivity contribution in [1.29, 1.82) is 0 Å². The van der Waals surface area contributed by atoms with Crippen molar-refractivity contribution in [3.8, 4) is 16.8 Å². The number of thiophene rings is 1. The van der Waals surface area contributed by atoms with Crippen molar-refractivity contribution < 1.29 is 0 Å². The van der Waals surface area contributed by atoms with Gasteiger partial charge in [-0.2, -0.15) is 0 Å². The quantitative estimate of drug-likeness (QED) is 0.175. The summed E-state index contributed by atoms with van der Waals surface area (Å²) in [4.78, 5) is 2.67. The van der Waals surface area contributed by atoms with E-state index in [1.54, 1.807) is 11.1 Å². The molecule has 0 radical (unpaired) electrons. The molecular weight excluding hydrogens is 685 g/mol. The maximum absolute atomic E-state index is 2.67. The maximum Gasteiger partial charge on any atom is 0.0640 e. The fraction of sp³-hybridized carbons (Fsp3) is 0.192. The van der Waals surface area contributed by atoms with Crippen molar-refractivity contribution in [1.82, 2.24) is 4.57 Å². The van der Waals surface area contributed by atoms with Crippen LogP contribution in [-0.4, -0.2) is 4.57 Å². The lowest BCUT2D eigenvalue weighted by atomic mass is 9.43. The SMILES string of the molecule is c1ccc(-n2c3ccccc3c3c(N(c4cccc5c4-c4ccccc4C54C5CC6CC(C5)CC4C6)c4cccc5c4sc4ccccc45)cccc32)cc1. The molecule has 0 saturated heterocycles. The van der Waals surface area contributed by atoms with Crippen LogP contribution < -0.4 is 4.90 Å². The fourth-order valence-electron chi connectivity index (χ4n) is 12.7. The van der Waals surface area contributed by atoms with Gasteiger partial charge in [0.25, 0.3) is 0 Å². The summed E-state index contributed by atoms with van der Waals surface area (Å²) in [6, 6.07) is 59.8. The van der Waals surface area contributed by atoms with E-state index < -0.39 is 0 Å². The zero-order valence-electron chi connectivity index (χ0n) is 30.7. The highest BCUT2D eigenvalue weighted by molar-refractivity contribution is 7.26. The molecule has 0 atom stereocenters. The van der Waals surface area contributed by atoms with E-state index >= 15 is 0 Å². The van der Waals surface area contributed by atoms with Gasteiger partial charge in [-0.1, -0.05) is 109 Å². The Labute approximate surface area is 325 Å². The van der Waals surface area contributed by atoms with Gasteiger partial charge in [0, 0.05) is 42.9 Å². The van der Waals surface area contributed by atoms with Crippen LogP contribution in [-0.2, 0) is 5.41 Å². The monoisotopic (exact) mass is 724 g/mol. The molecule has 4 fully saturated rings. The van der Waals surface area contributed by atoms with E-state index in [1.165, 1.54) is 108 Å². The van der Waals surface area contributed by atoms with Crippen molar-refractivity contribution >= 4 is 70.4 Å². The van der Waals surface area contributed by atoms with Crippen molar-refractivity contribution in [2.24, 2.45) is 23.7 Å². The van der Waals surface area contributed by atoms with Crippen LogP contribution in [0.3, 0.4) is 0 Å². The van der Waals surface area contributed by atoms with Gasteiger partial charge in [0.05, 0.1) is 32.8 Å². The standard InChI is InChI=1S/C52H40N2S/c1-2-13-36(14-3-1)53-43-21-8-5-17-40(43)50-45(53)23-12-24-46(50)54(47-25-10-18-38-37-15-6-9-26-48(37)55-51(38)47)44-22-11-20-42-49(44)39-16-4-7-19-41(39)52(42)34-28-32-27-33(30-34)31-35(52)29-32/h1-26,32-35H,27-31H2. The van der Waals surface area contributed by atoms with E-state index in [0.29, 0.717) is 11.8 Å². The molecule has 3 heteroatoms. The second-order valence-corrected chi connectivity index (χ2v) is 17.9. The highest BCUT2D eigenvalue weighted by Gasteiger charge is 2.61. The van der Waals surface area contributed by atoms with Crippen molar-refractivity contribution in [2.75, 3.05) is 4.90 Å². The second-order valence-electron chi connectivity index (χ2n) is 16.9. The number of nitrogens with zero attached hydrogens (tertiary/aromatic N) is 2. The number of hydrogen-bond acceptors (Lipinski definition) is 2. The molecule has 55 heavy (non-hydrogen) atoms. The molecule has 4 bridgehead atoms. The van der Waals surface area contributed by atoms with Gasteiger partial charge in [0.2, 0.25) is 0 Å². The van der Waals surface area contributed by atoms with Crippen LogP contribution in [0, 0.1) is 23.7 Å². The molecule has 0 unspecified atom stereocenters. The first-order valence-electron chi connectivity index (χ1n) is 20.3. The second kappa shape index (κ2) is 11.2. The molecule has 0 amide bonds. The van der Waals surface area contributed by atoms with Crippen LogP contribution in [0.25, 0.3) is 58.8 Å². The van der Waals surface area contributed by atoms with Gasteiger partial charge >= 0.3 is 0 Å². The summed E-state index contributed by atoms with van der Waals surface area (Å²) in [6.07, 6.45) is 7.00. The van der Waals surface area contributed by atoms with E-state index in [1.807, 2.05) is 11.3 Å². The Morgan fingerprint density at radius 1 is 0.491 bits per heavy atom. The molecule has 7 aromatic carbocycles. The van der Waals surface area contributed by atoms with Gasteiger partial charge in [-0.3, -0.25) is 0 Å². The Balaban J connectivity index is 1.16.